The van der Waals surface area contributed by atoms with Gasteiger partial charge in [0.1, 0.15) is 5.75 Å². The van der Waals surface area contributed by atoms with E-state index in [-0.39, 0.29) is 18.6 Å². The number of hydrogen-bond acceptors (Lipinski definition) is 5. The third-order valence-electron chi connectivity index (χ3n) is 5.16. The van der Waals surface area contributed by atoms with Gasteiger partial charge in [-0.25, -0.2) is 4.79 Å². The minimum Gasteiger partial charge on any atom is -0.479 e. The van der Waals surface area contributed by atoms with E-state index in [0.29, 0.717) is 11.3 Å². The maximum atomic E-state index is 12.6. The quantitative estimate of drug-likeness (QED) is 0.704. The Labute approximate surface area is 170 Å². The summed E-state index contributed by atoms with van der Waals surface area (Å²) in [4.78, 5) is 26.5. The number of benzene rings is 2. The van der Waals surface area contributed by atoms with Crippen LogP contribution < -0.4 is 4.74 Å². The number of carbonyl (C=O) groups is 2. The van der Waals surface area contributed by atoms with Crippen LogP contribution >= 0.6 is 0 Å². The van der Waals surface area contributed by atoms with Crippen LogP contribution in [0.3, 0.4) is 0 Å². The summed E-state index contributed by atoms with van der Waals surface area (Å²) in [6.07, 6.45) is 2.07. The Hall–Kier alpha value is -3.33. The van der Waals surface area contributed by atoms with E-state index in [0.717, 1.165) is 19.3 Å². The second kappa shape index (κ2) is 9.24. The lowest BCUT2D eigenvalue weighted by Gasteiger charge is -2.33. The Bertz CT molecular complexity index is 917. The first kappa shape index (κ1) is 20.4. The third kappa shape index (κ3) is 4.94. The van der Waals surface area contributed by atoms with Gasteiger partial charge in [-0.15, -0.1) is 0 Å². The number of nitrogens with zero attached hydrogens (tertiary/aromatic N) is 2. The lowest BCUT2D eigenvalue weighted by atomic mass is 9.87. The molecule has 0 saturated heterocycles. The average molecular weight is 392 g/mol. The van der Waals surface area contributed by atoms with Crippen LogP contribution in [0.25, 0.3) is 0 Å². The summed E-state index contributed by atoms with van der Waals surface area (Å²) in [7, 11) is 1.75. The van der Waals surface area contributed by atoms with Gasteiger partial charge in [-0.3, -0.25) is 4.79 Å². The number of carbonyl (C=O) groups excluding carboxylic acids is 2. The highest BCUT2D eigenvalue weighted by molar-refractivity contribution is 5.82. The summed E-state index contributed by atoms with van der Waals surface area (Å²) >= 11 is 0. The van der Waals surface area contributed by atoms with Gasteiger partial charge in [-0.2, -0.15) is 5.26 Å². The number of fused-ring (bicyclic) bond motifs is 1. The molecular formula is C23H24N2O4. The van der Waals surface area contributed by atoms with Crippen LogP contribution in [0.15, 0.2) is 48.5 Å². The van der Waals surface area contributed by atoms with Crippen molar-refractivity contribution in [1.82, 2.24) is 4.90 Å². The average Bonchev–Trinajstić information content (AvgIpc) is 2.76. The smallest absolute Gasteiger partial charge is 0.347 e. The van der Waals surface area contributed by atoms with E-state index in [1.807, 2.05) is 18.2 Å². The number of ether oxygens (including phenoxy) is 2. The van der Waals surface area contributed by atoms with Gasteiger partial charge in [-0.1, -0.05) is 24.3 Å². The highest BCUT2D eigenvalue weighted by Gasteiger charge is 2.27. The summed E-state index contributed by atoms with van der Waals surface area (Å²) in [5.74, 6) is -0.401. The molecule has 3 rings (SSSR count). The van der Waals surface area contributed by atoms with Crippen molar-refractivity contribution in [3.8, 4) is 11.8 Å². The summed E-state index contributed by atoms with van der Waals surface area (Å²) in [5.41, 5.74) is 2.94. The van der Waals surface area contributed by atoms with Crippen LogP contribution in [0, 0.1) is 11.3 Å². The van der Waals surface area contributed by atoms with Gasteiger partial charge >= 0.3 is 5.97 Å². The van der Waals surface area contributed by atoms with Crippen molar-refractivity contribution in [3.05, 3.63) is 65.2 Å². The Balaban J connectivity index is 1.53. The molecule has 150 valence electrons. The van der Waals surface area contributed by atoms with Crippen LogP contribution in [0.1, 0.15) is 42.5 Å². The predicted molar refractivity (Wildman–Crippen MR) is 107 cm³/mol. The first-order chi connectivity index (χ1) is 14.0. The fourth-order valence-corrected chi connectivity index (χ4v) is 3.52. The number of esters is 1. The number of likely N-dealkylation sites (N-methyl/N-ethyl adjacent to an activating group) is 1. The molecule has 6 heteroatoms. The summed E-state index contributed by atoms with van der Waals surface area (Å²) in [6, 6.07) is 16.6. The molecule has 0 fully saturated rings. The van der Waals surface area contributed by atoms with Crippen LogP contribution in [0.2, 0.25) is 0 Å². The maximum absolute atomic E-state index is 12.6. The van der Waals surface area contributed by atoms with Gasteiger partial charge in [0.15, 0.2) is 12.7 Å². The number of aryl methyl sites for hydroxylation is 1. The normalized spacial score (nSPS) is 16.1. The fourth-order valence-electron chi connectivity index (χ4n) is 3.52. The van der Waals surface area contributed by atoms with Gasteiger partial charge < -0.3 is 14.4 Å². The van der Waals surface area contributed by atoms with E-state index in [2.05, 4.69) is 12.1 Å². The van der Waals surface area contributed by atoms with Crippen molar-refractivity contribution in [2.45, 2.75) is 38.3 Å². The number of amides is 1. The van der Waals surface area contributed by atoms with Crippen LogP contribution in [0.4, 0.5) is 0 Å². The minimum absolute atomic E-state index is 0.00141. The van der Waals surface area contributed by atoms with Gasteiger partial charge in [0.2, 0.25) is 0 Å². The van der Waals surface area contributed by atoms with E-state index in [1.54, 1.807) is 43.1 Å². The first-order valence-electron chi connectivity index (χ1n) is 9.66. The van der Waals surface area contributed by atoms with Gasteiger partial charge in [-0.05, 0) is 61.6 Å². The molecule has 29 heavy (non-hydrogen) atoms. The molecule has 0 radical (unpaired) electrons. The summed E-state index contributed by atoms with van der Waals surface area (Å²) < 4.78 is 10.7. The van der Waals surface area contributed by atoms with Gasteiger partial charge in [0, 0.05) is 7.05 Å². The van der Waals surface area contributed by atoms with E-state index in [1.165, 1.54) is 11.1 Å². The van der Waals surface area contributed by atoms with E-state index < -0.39 is 12.1 Å². The topological polar surface area (TPSA) is 79.6 Å². The lowest BCUT2D eigenvalue weighted by Crippen LogP contribution is -2.37. The second-order valence-corrected chi connectivity index (χ2v) is 7.12. The Kier molecular flexibility index (Phi) is 6.50. The maximum Gasteiger partial charge on any atom is 0.347 e. The molecule has 2 aromatic carbocycles. The number of hydrogen-bond donors (Lipinski definition) is 0. The molecular weight excluding hydrogens is 368 g/mol. The Morgan fingerprint density at radius 2 is 1.93 bits per heavy atom. The molecule has 0 N–H and O–H groups in total. The Morgan fingerprint density at radius 3 is 2.66 bits per heavy atom. The number of nitriles is 1. The second-order valence-electron chi connectivity index (χ2n) is 7.12. The molecule has 0 aromatic heterocycles. The SMILES string of the molecule is C[C@@H](Oc1ccc(C#N)cc1)C(=O)OCC(=O)N(C)[C@H]1CCCc2ccccc21. The van der Waals surface area contributed by atoms with Crippen molar-refractivity contribution in [3.63, 3.8) is 0 Å². The molecule has 0 spiro atoms. The van der Waals surface area contributed by atoms with Crippen molar-refractivity contribution in [1.29, 1.82) is 5.26 Å². The first-order valence-corrected chi connectivity index (χ1v) is 9.66. The van der Waals surface area contributed by atoms with E-state index >= 15 is 0 Å². The van der Waals surface area contributed by atoms with E-state index in [9.17, 15) is 9.59 Å². The zero-order valence-electron chi connectivity index (χ0n) is 16.6. The third-order valence-corrected chi connectivity index (χ3v) is 5.16. The zero-order chi connectivity index (χ0) is 20.8. The van der Waals surface area contributed by atoms with Crippen molar-refractivity contribution in [2.24, 2.45) is 0 Å². The molecule has 0 saturated carbocycles. The lowest BCUT2D eigenvalue weighted by molar-refractivity contribution is -0.157. The van der Waals surface area contributed by atoms with Crippen LogP contribution in [-0.4, -0.2) is 36.5 Å². The highest BCUT2D eigenvalue weighted by atomic mass is 16.6. The van der Waals surface area contributed by atoms with E-state index in [4.69, 9.17) is 14.7 Å². The van der Waals surface area contributed by atoms with Gasteiger partial charge in [0.25, 0.3) is 5.91 Å². The Morgan fingerprint density at radius 1 is 1.21 bits per heavy atom. The molecule has 0 aliphatic heterocycles. The zero-order valence-corrected chi connectivity index (χ0v) is 16.6. The van der Waals surface area contributed by atoms with Crippen LogP contribution in [-0.2, 0) is 20.7 Å². The summed E-state index contributed by atoms with van der Waals surface area (Å²) in [6.45, 7) is 1.24. The van der Waals surface area contributed by atoms with Crippen molar-refractivity contribution in [2.75, 3.05) is 13.7 Å². The van der Waals surface area contributed by atoms with Crippen LogP contribution in [0.5, 0.6) is 5.75 Å². The molecule has 1 aliphatic carbocycles. The van der Waals surface area contributed by atoms with Crippen molar-refractivity contribution >= 4 is 11.9 Å². The molecule has 0 bridgehead atoms. The fraction of sp³-hybridized carbons (Fsp3) is 0.348. The standard InChI is InChI=1S/C23H24N2O4/c1-16(29-19-12-10-17(14-24)11-13-19)23(27)28-15-22(26)25(2)21-9-5-7-18-6-3-4-8-20(18)21/h3-4,6,8,10-13,16,21H,5,7,9,15H2,1-2H3/t16-,21+/m1/s1. The monoisotopic (exact) mass is 392 g/mol. The van der Waals surface area contributed by atoms with Crippen molar-refractivity contribution < 1.29 is 19.1 Å². The molecule has 2 atom stereocenters. The molecule has 2 aromatic rings. The van der Waals surface area contributed by atoms with Gasteiger partial charge in [0.05, 0.1) is 17.7 Å². The molecule has 1 aliphatic rings. The predicted octanol–water partition coefficient (Wildman–Crippen LogP) is 3.40. The largest absolute Gasteiger partial charge is 0.479 e. The molecule has 0 heterocycles. The molecule has 6 nitrogen and oxygen atoms in total. The summed E-state index contributed by atoms with van der Waals surface area (Å²) in [5, 5.41) is 8.81. The highest BCUT2D eigenvalue weighted by Crippen LogP contribution is 2.33. The number of rotatable bonds is 6. The molecule has 0 unspecified atom stereocenters. The molecule has 1 amide bonds. The minimum atomic E-state index is -0.864.